The molecule has 3 heterocycles. The summed E-state index contributed by atoms with van der Waals surface area (Å²) in [6.07, 6.45) is 0.677. The highest BCUT2D eigenvalue weighted by atomic mass is 32.2. The third-order valence-electron chi connectivity index (χ3n) is 5.29. The van der Waals surface area contributed by atoms with Gasteiger partial charge in [0.05, 0.1) is 29.6 Å². The number of rotatable bonds is 5. The minimum atomic E-state index is -0.858. The maximum absolute atomic E-state index is 12.8. The quantitative estimate of drug-likeness (QED) is 0.736. The average molecular weight is 396 g/mol. The highest BCUT2D eigenvalue weighted by molar-refractivity contribution is 8.04. The Labute approximate surface area is 158 Å². The van der Waals surface area contributed by atoms with Crippen LogP contribution in [-0.2, 0) is 25.7 Å². The molecule has 1 saturated carbocycles. The summed E-state index contributed by atoms with van der Waals surface area (Å²) in [5.41, 5.74) is 0.322. The number of hydrogen-bond donors (Lipinski definition) is 1. The molecule has 2 aliphatic heterocycles. The van der Waals surface area contributed by atoms with Crippen molar-refractivity contribution >= 4 is 23.5 Å². The van der Waals surface area contributed by atoms with Crippen molar-refractivity contribution in [2.24, 2.45) is 11.8 Å². The normalized spacial score (nSPS) is 31.0. The lowest BCUT2D eigenvalue weighted by molar-refractivity contribution is -0.147. The van der Waals surface area contributed by atoms with Gasteiger partial charge in [-0.05, 0) is 26.7 Å². The van der Waals surface area contributed by atoms with Crippen molar-refractivity contribution in [2.75, 3.05) is 6.61 Å². The van der Waals surface area contributed by atoms with Crippen LogP contribution in [0.25, 0.3) is 0 Å². The average Bonchev–Trinajstić information content (AvgIpc) is 3.29. The third-order valence-corrected chi connectivity index (χ3v) is 6.86. The van der Waals surface area contributed by atoms with Gasteiger partial charge in [-0.15, -0.1) is 11.8 Å². The van der Waals surface area contributed by atoms with Gasteiger partial charge < -0.3 is 23.4 Å². The topological polar surface area (TPSA) is 116 Å². The van der Waals surface area contributed by atoms with Gasteiger partial charge in [-0.2, -0.15) is 0 Å². The molecule has 9 heteroatoms. The predicted molar refractivity (Wildman–Crippen MR) is 92.8 cm³/mol. The second kappa shape index (κ2) is 6.96. The van der Waals surface area contributed by atoms with Gasteiger partial charge in [0.15, 0.2) is 18.1 Å². The number of Topliss-reactive ketones (excluding diaryl/α,β-unsaturated/α-hetero) is 1. The van der Waals surface area contributed by atoms with E-state index < -0.39 is 29.7 Å². The number of esters is 1. The standard InChI is InChI=1S/C18H20O8S/c1-7(19)11-14(20)12-13(15(27-16(11)12)9-4-3-5-23-9)17(21)24-6-10-8(2)25-18(22)26-10/h7,9,11-12,16,19H,3-6H2,1-2H3/t7-,9-,11+,12?,16-/m1/s1. The van der Waals surface area contributed by atoms with Gasteiger partial charge in [-0.25, -0.2) is 9.59 Å². The smallest absolute Gasteiger partial charge is 0.454 e. The zero-order chi connectivity index (χ0) is 19.3. The van der Waals surface area contributed by atoms with Crippen LogP contribution in [0.4, 0.5) is 0 Å². The molecule has 8 nitrogen and oxygen atoms in total. The second-order valence-electron chi connectivity index (χ2n) is 7.02. The van der Waals surface area contributed by atoms with Gasteiger partial charge in [-0.1, -0.05) is 0 Å². The Hall–Kier alpha value is -1.84. The highest BCUT2D eigenvalue weighted by Crippen LogP contribution is 2.57. The summed E-state index contributed by atoms with van der Waals surface area (Å²) >= 11 is 1.44. The molecule has 0 aromatic carbocycles. The Morgan fingerprint density at radius 2 is 2.15 bits per heavy atom. The van der Waals surface area contributed by atoms with Crippen LogP contribution in [0.1, 0.15) is 31.3 Å². The Morgan fingerprint density at radius 3 is 2.74 bits per heavy atom. The van der Waals surface area contributed by atoms with Crippen LogP contribution in [-0.4, -0.2) is 40.9 Å². The molecule has 2 fully saturated rings. The van der Waals surface area contributed by atoms with E-state index in [0.717, 1.165) is 17.7 Å². The van der Waals surface area contributed by atoms with Gasteiger partial charge in [-0.3, -0.25) is 4.79 Å². The van der Waals surface area contributed by atoms with Crippen LogP contribution in [0.3, 0.4) is 0 Å². The van der Waals surface area contributed by atoms with Gasteiger partial charge >= 0.3 is 11.8 Å². The largest absolute Gasteiger partial charge is 0.519 e. The molecule has 3 aliphatic rings. The first-order valence-corrected chi connectivity index (χ1v) is 9.77. The zero-order valence-electron chi connectivity index (χ0n) is 14.9. The molecular formula is C18H20O8S. The van der Waals surface area contributed by atoms with Gasteiger partial charge in [0.25, 0.3) is 0 Å². The molecule has 146 valence electrons. The number of carbonyl (C=O) groups excluding carboxylic acids is 2. The lowest BCUT2D eigenvalue weighted by atomic mass is 9.67. The monoisotopic (exact) mass is 396 g/mol. The lowest BCUT2D eigenvalue weighted by Gasteiger charge is -2.40. The fourth-order valence-electron chi connectivity index (χ4n) is 3.92. The molecule has 0 spiro atoms. The van der Waals surface area contributed by atoms with Crippen molar-refractivity contribution < 1.29 is 33.0 Å². The molecule has 0 bridgehead atoms. The van der Waals surface area contributed by atoms with E-state index in [2.05, 4.69) is 0 Å². The number of ketones is 1. The fraction of sp³-hybridized carbons (Fsp3) is 0.611. The fourth-order valence-corrected chi connectivity index (χ4v) is 5.80. The minimum absolute atomic E-state index is 0.136. The Bertz CT molecular complexity index is 857. The number of carbonyl (C=O) groups is 2. The molecule has 4 rings (SSSR count). The molecule has 1 aromatic heterocycles. The van der Waals surface area contributed by atoms with Crippen LogP contribution in [0.2, 0.25) is 0 Å². The molecule has 0 radical (unpaired) electrons. The Balaban J connectivity index is 1.57. The van der Waals surface area contributed by atoms with Gasteiger partial charge in [0, 0.05) is 16.8 Å². The Morgan fingerprint density at radius 1 is 1.37 bits per heavy atom. The number of aryl methyl sites for hydroxylation is 1. The molecule has 0 amide bonds. The third kappa shape index (κ3) is 3.07. The van der Waals surface area contributed by atoms with Crippen molar-refractivity contribution in [3.63, 3.8) is 0 Å². The summed E-state index contributed by atoms with van der Waals surface area (Å²) < 4.78 is 20.6. The molecule has 1 unspecified atom stereocenters. The molecule has 1 N–H and O–H groups in total. The van der Waals surface area contributed by atoms with E-state index >= 15 is 0 Å². The van der Waals surface area contributed by atoms with Gasteiger partial charge in [0.2, 0.25) is 0 Å². The maximum Gasteiger partial charge on any atom is 0.519 e. The number of hydrogen-bond acceptors (Lipinski definition) is 9. The summed E-state index contributed by atoms with van der Waals surface area (Å²) in [5.74, 6) is -2.32. The van der Waals surface area contributed by atoms with Crippen LogP contribution < -0.4 is 5.82 Å². The summed E-state index contributed by atoms with van der Waals surface area (Å²) in [6.45, 7) is 3.48. The number of aliphatic hydroxyl groups excluding tert-OH is 1. The summed E-state index contributed by atoms with van der Waals surface area (Å²) in [7, 11) is 0. The first-order valence-electron chi connectivity index (χ1n) is 8.89. The molecular weight excluding hydrogens is 376 g/mol. The van der Waals surface area contributed by atoms with Crippen molar-refractivity contribution in [1.82, 2.24) is 0 Å². The summed E-state index contributed by atoms with van der Waals surface area (Å²) in [6, 6.07) is 0. The lowest BCUT2D eigenvalue weighted by Crippen LogP contribution is -2.54. The first-order chi connectivity index (χ1) is 12.9. The van der Waals surface area contributed by atoms with Crippen LogP contribution in [0, 0.1) is 18.8 Å². The molecule has 27 heavy (non-hydrogen) atoms. The maximum atomic E-state index is 12.8. The zero-order valence-corrected chi connectivity index (χ0v) is 15.7. The molecule has 5 atom stereocenters. The van der Waals surface area contributed by atoms with Crippen LogP contribution in [0.5, 0.6) is 0 Å². The van der Waals surface area contributed by atoms with E-state index in [1.54, 1.807) is 6.92 Å². The van der Waals surface area contributed by atoms with Crippen molar-refractivity contribution in [3.05, 3.63) is 32.6 Å². The minimum Gasteiger partial charge on any atom is -0.454 e. The van der Waals surface area contributed by atoms with E-state index in [-0.39, 0.29) is 35.3 Å². The van der Waals surface area contributed by atoms with E-state index in [9.17, 15) is 19.5 Å². The molecule has 1 saturated heterocycles. The van der Waals surface area contributed by atoms with Crippen LogP contribution >= 0.6 is 11.8 Å². The predicted octanol–water partition coefficient (Wildman–Crippen LogP) is 1.33. The number of thioether (sulfide) groups is 1. The van der Waals surface area contributed by atoms with Crippen molar-refractivity contribution in [3.8, 4) is 0 Å². The Kier molecular flexibility index (Phi) is 4.77. The van der Waals surface area contributed by atoms with Crippen molar-refractivity contribution in [1.29, 1.82) is 0 Å². The number of aliphatic hydroxyl groups is 1. The van der Waals surface area contributed by atoms with Gasteiger partial charge in [0.1, 0.15) is 5.78 Å². The number of fused-ring (bicyclic) bond motifs is 1. The van der Waals surface area contributed by atoms with E-state index in [4.69, 9.17) is 18.3 Å². The number of ether oxygens (including phenoxy) is 2. The summed E-state index contributed by atoms with van der Waals surface area (Å²) in [5, 5.41) is 9.73. The molecule has 1 aromatic rings. The highest BCUT2D eigenvalue weighted by Gasteiger charge is 2.60. The molecule has 1 aliphatic carbocycles. The summed E-state index contributed by atoms with van der Waals surface area (Å²) in [4.78, 5) is 37.2. The first kappa shape index (κ1) is 18.5. The van der Waals surface area contributed by atoms with Crippen molar-refractivity contribution in [2.45, 2.75) is 50.8 Å². The second-order valence-corrected chi connectivity index (χ2v) is 8.24. The van der Waals surface area contributed by atoms with E-state index in [1.165, 1.54) is 18.7 Å². The van der Waals surface area contributed by atoms with Crippen LogP contribution in [0.15, 0.2) is 24.1 Å². The SMILES string of the molecule is Cc1oc(=O)oc1COC(=O)C1=C([C@H]2CCCO2)S[C@H]2C1C(=O)[C@@H]2[C@@H](C)O. The van der Waals surface area contributed by atoms with E-state index in [1.807, 2.05) is 0 Å². The van der Waals surface area contributed by atoms with E-state index in [0.29, 0.717) is 12.2 Å².